The number of methoxy groups -OCH3 is 2. The summed E-state index contributed by atoms with van der Waals surface area (Å²) in [5.41, 5.74) is 0.919. The fraction of sp³-hybridized carbons (Fsp3) is 0.667. The molecule has 10 heteroatoms. The molecule has 3 rings (SSSR count). The molecule has 2 fully saturated rings. The zero-order valence-corrected chi connectivity index (χ0v) is 19.1. The Balaban J connectivity index is 1.46. The fourth-order valence-electron chi connectivity index (χ4n) is 4.21. The van der Waals surface area contributed by atoms with Crippen molar-refractivity contribution in [3.63, 3.8) is 0 Å². The van der Waals surface area contributed by atoms with Crippen LogP contribution in [0.3, 0.4) is 0 Å². The number of piperidine rings is 2. The second-order valence-electron chi connectivity index (χ2n) is 7.99. The largest absolute Gasteiger partial charge is 0.445 e. The van der Waals surface area contributed by atoms with Crippen molar-refractivity contribution in [2.45, 2.75) is 44.6 Å². The fourth-order valence-corrected chi connectivity index (χ4v) is 5.95. The Kier molecular flexibility index (Phi) is 8.67. The number of nitrogens with one attached hydrogen (secondary N) is 1. The number of alkyl carbamates (subject to hydrolysis) is 1. The van der Waals surface area contributed by atoms with Crippen LogP contribution in [0, 0.1) is 5.92 Å². The minimum Gasteiger partial charge on any atom is -0.445 e. The Morgan fingerprint density at radius 3 is 2.39 bits per heavy atom. The van der Waals surface area contributed by atoms with E-state index in [0.29, 0.717) is 39.0 Å². The lowest BCUT2D eigenvalue weighted by molar-refractivity contribution is -0.144. The van der Waals surface area contributed by atoms with Crippen LogP contribution in [0.2, 0.25) is 0 Å². The summed E-state index contributed by atoms with van der Waals surface area (Å²) in [6.45, 7) is 1.83. The van der Waals surface area contributed by atoms with E-state index in [9.17, 15) is 13.2 Å². The van der Waals surface area contributed by atoms with Crippen LogP contribution in [0.4, 0.5) is 4.79 Å². The molecule has 0 saturated carbocycles. The maximum Gasteiger partial charge on any atom is 0.407 e. The van der Waals surface area contributed by atoms with Crippen LogP contribution >= 0.6 is 0 Å². The molecule has 0 aliphatic carbocycles. The molecule has 174 valence electrons. The van der Waals surface area contributed by atoms with Gasteiger partial charge in [-0.1, -0.05) is 30.3 Å². The number of hydrogen-bond acceptors (Lipinski definition) is 6. The first kappa shape index (κ1) is 23.9. The van der Waals surface area contributed by atoms with E-state index in [0.717, 1.165) is 18.4 Å². The Morgan fingerprint density at radius 2 is 1.74 bits per heavy atom. The van der Waals surface area contributed by atoms with Gasteiger partial charge in [0, 0.05) is 52.4 Å². The lowest BCUT2D eigenvalue weighted by atomic mass is 9.99. The molecule has 1 aromatic rings. The van der Waals surface area contributed by atoms with Gasteiger partial charge in [-0.05, 0) is 31.2 Å². The second-order valence-corrected chi connectivity index (χ2v) is 9.92. The van der Waals surface area contributed by atoms with Gasteiger partial charge in [0.15, 0.2) is 6.29 Å². The van der Waals surface area contributed by atoms with E-state index >= 15 is 0 Å². The van der Waals surface area contributed by atoms with Gasteiger partial charge in [-0.2, -0.15) is 17.0 Å². The van der Waals surface area contributed by atoms with E-state index in [1.165, 1.54) is 8.61 Å². The zero-order valence-electron chi connectivity index (χ0n) is 18.2. The van der Waals surface area contributed by atoms with Crippen LogP contribution < -0.4 is 5.32 Å². The predicted molar refractivity (Wildman–Crippen MR) is 115 cm³/mol. The van der Waals surface area contributed by atoms with Gasteiger partial charge >= 0.3 is 6.09 Å². The van der Waals surface area contributed by atoms with Crippen molar-refractivity contribution in [2.75, 3.05) is 40.4 Å². The van der Waals surface area contributed by atoms with Crippen LogP contribution in [0.1, 0.15) is 31.2 Å². The quantitative estimate of drug-likeness (QED) is 0.602. The Hall–Kier alpha value is -1.72. The molecule has 1 unspecified atom stereocenters. The van der Waals surface area contributed by atoms with Crippen molar-refractivity contribution in [3.05, 3.63) is 35.9 Å². The van der Waals surface area contributed by atoms with Crippen molar-refractivity contribution < 1.29 is 27.4 Å². The molecular formula is C21H33N3O6S. The van der Waals surface area contributed by atoms with Gasteiger partial charge in [-0.15, -0.1) is 0 Å². The molecule has 1 atom stereocenters. The molecule has 31 heavy (non-hydrogen) atoms. The number of hydrogen-bond donors (Lipinski definition) is 1. The summed E-state index contributed by atoms with van der Waals surface area (Å²) in [6, 6.07) is 9.37. The maximum absolute atomic E-state index is 13.1. The van der Waals surface area contributed by atoms with Crippen LogP contribution in [0.5, 0.6) is 0 Å². The lowest BCUT2D eigenvalue weighted by Gasteiger charge is -2.39. The van der Waals surface area contributed by atoms with Crippen molar-refractivity contribution >= 4 is 16.3 Å². The van der Waals surface area contributed by atoms with Crippen LogP contribution in [0.25, 0.3) is 0 Å². The summed E-state index contributed by atoms with van der Waals surface area (Å²) in [5.74, 6) is 0.0112. The first-order valence-electron chi connectivity index (χ1n) is 10.7. The molecule has 1 N–H and O–H groups in total. The minimum absolute atomic E-state index is 0.0112. The predicted octanol–water partition coefficient (Wildman–Crippen LogP) is 1.95. The zero-order chi connectivity index (χ0) is 22.3. The number of benzene rings is 1. The van der Waals surface area contributed by atoms with E-state index < -0.39 is 22.6 Å². The Labute approximate surface area is 184 Å². The molecule has 2 heterocycles. The van der Waals surface area contributed by atoms with Crippen molar-refractivity contribution in [1.29, 1.82) is 0 Å². The smallest absolute Gasteiger partial charge is 0.407 e. The molecule has 2 aliphatic rings. The number of rotatable bonds is 8. The van der Waals surface area contributed by atoms with Gasteiger partial charge in [-0.3, -0.25) is 0 Å². The molecule has 0 bridgehead atoms. The lowest BCUT2D eigenvalue weighted by Crippen LogP contribution is -2.53. The number of carbonyl (C=O) groups excluding carboxylic acids is 1. The van der Waals surface area contributed by atoms with Gasteiger partial charge in [0.1, 0.15) is 6.61 Å². The highest BCUT2D eigenvalue weighted by molar-refractivity contribution is 7.86. The number of ether oxygens (including phenoxy) is 3. The molecule has 9 nitrogen and oxygen atoms in total. The first-order chi connectivity index (χ1) is 14.9. The Bertz CT molecular complexity index is 795. The summed E-state index contributed by atoms with van der Waals surface area (Å²) in [5, 5.41) is 2.85. The summed E-state index contributed by atoms with van der Waals surface area (Å²) in [6.07, 6.45) is 1.86. The van der Waals surface area contributed by atoms with Crippen molar-refractivity contribution in [1.82, 2.24) is 13.9 Å². The summed E-state index contributed by atoms with van der Waals surface area (Å²) < 4.78 is 45.2. The average molecular weight is 456 g/mol. The second kappa shape index (κ2) is 11.2. The molecule has 1 aromatic carbocycles. The van der Waals surface area contributed by atoms with Gasteiger partial charge in [0.2, 0.25) is 0 Å². The maximum atomic E-state index is 13.1. The molecule has 0 spiro atoms. The molecule has 2 saturated heterocycles. The third kappa shape index (κ3) is 6.39. The van der Waals surface area contributed by atoms with E-state index in [1.807, 2.05) is 30.3 Å². The SMILES string of the molecule is COC(OC)C1CCCN(S(=O)(=O)N2CCC(NC(=O)OCc3ccccc3)CC2)C1. The summed E-state index contributed by atoms with van der Waals surface area (Å²) >= 11 is 0. The van der Waals surface area contributed by atoms with Crippen molar-refractivity contribution in [2.24, 2.45) is 5.92 Å². The van der Waals surface area contributed by atoms with Gasteiger partial charge in [0.25, 0.3) is 10.2 Å². The van der Waals surface area contributed by atoms with Gasteiger partial charge < -0.3 is 19.5 Å². The van der Waals surface area contributed by atoms with E-state index in [2.05, 4.69) is 5.32 Å². The molecule has 2 aliphatic heterocycles. The van der Waals surface area contributed by atoms with Crippen LogP contribution in [0.15, 0.2) is 30.3 Å². The highest BCUT2D eigenvalue weighted by Crippen LogP contribution is 2.26. The topological polar surface area (TPSA) is 97.4 Å². The molecule has 1 amide bonds. The minimum atomic E-state index is -3.55. The van der Waals surface area contributed by atoms with Gasteiger partial charge in [0.05, 0.1) is 0 Å². The average Bonchev–Trinajstić information content (AvgIpc) is 2.80. The van der Waals surface area contributed by atoms with Gasteiger partial charge in [-0.25, -0.2) is 4.79 Å². The molecule has 0 radical (unpaired) electrons. The Morgan fingerprint density at radius 1 is 1.06 bits per heavy atom. The highest BCUT2D eigenvalue weighted by atomic mass is 32.2. The number of amides is 1. The third-order valence-electron chi connectivity index (χ3n) is 5.91. The first-order valence-corrected chi connectivity index (χ1v) is 12.1. The number of nitrogens with zero attached hydrogens (tertiary/aromatic N) is 2. The molecule has 0 aromatic heterocycles. The monoisotopic (exact) mass is 455 g/mol. The van der Waals surface area contributed by atoms with E-state index in [4.69, 9.17) is 14.2 Å². The normalized spacial score (nSPS) is 21.8. The molecular weight excluding hydrogens is 422 g/mol. The standard InChI is InChI=1S/C21H33N3O6S/c1-28-20(29-2)18-9-6-12-24(15-18)31(26,27)23-13-10-19(11-14-23)22-21(25)30-16-17-7-4-3-5-8-17/h3-5,7-8,18-20H,6,9-16H2,1-2H3,(H,22,25). The van der Waals surface area contributed by atoms with E-state index in [-0.39, 0.29) is 18.6 Å². The summed E-state index contributed by atoms with van der Waals surface area (Å²) in [4.78, 5) is 12.1. The third-order valence-corrected chi connectivity index (χ3v) is 7.91. The summed E-state index contributed by atoms with van der Waals surface area (Å²) in [7, 11) is -0.407. The highest BCUT2D eigenvalue weighted by Gasteiger charge is 2.38. The van der Waals surface area contributed by atoms with Crippen molar-refractivity contribution in [3.8, 4) is 0 Å². The van der Waals surface area contributed by atoms with Crippen LogP contribution in [-0.2, 0) is 31.0 Å². The van der Waals surface area contributed by atoms with E-state index in [1.54, 1.807) is 14.2 Å². The van der Waals surface area contributed by atoms with Crippen LogP contribution in [-0.4, -0.2) is 75.9 Å². The number of carbonyl (C=O) groups is 1.